The number of rotatable bonds is 5. The zero-order chi connectivity index (χ0) is 17.6. The molecular formula is C19H14Cl2N2O2. The molecule has 6 heteroatoms. The number of halogens is 2. The molecule has 0 spiro atoms. The summed E-state index contributed by atoms with van der Waals surface area (Å²) in [4.78, 5) is 0. The van der Waals surface area contributed by atoms with E-state index in [0.29, 0.717) is 33.8 Å². The Bertz CT molecular complexity index is 899. The summed E-state index contributed by atoms with van der Waals surface area (Å²) in [6.45, 7) is 0.426. The van der Waals surface area contributed by atoms with Crippen molar-refractivity contribution in [1.29, 1.82) is 0 Å². The summed E-state index contributed by atoms with van der Waals surface area (Å²) in [6, 6.07) is 19.5. The summed E-state index contributed by atoms with van der Waals surface area (Å²) in [5.74, 6) is 0.598. The summed E-state index contributed by atoms with van der Waals surface area (Å²) in [6.07, 6.45) is 0. The van der Waals surface area contributed by atoms with Crippen molar-refractivity contribution in [3.05, 3.63) is 82.3 Å². The Labute approximate surface area is 155 Å². The SMILES string of the molecule is Oc1ccc(OCc2ccccc2)cc1N=Nc1ccc(Cl)c(Cl)c1. The lowest BCUT2D eigenvalue weighted by molar-refractivity contribution is 0.306. The van der Waals surface area contributed by atoms with E-state index in [4.69, 9.17) is 27.9 Å². The first kappa shape index (κ1) is 17.3. The Morgan fingerprint density at radius 1 is 0.840 bits per heavy atom. The minimum absolute atomic E-state index is 0.0101. The fourth-order valence-electron chi connectivity index (χ4n) is 2.07. The van der Waals surface area contributed by atoms with E-state index in [9.17, 15) is 5.11 Å². The molecule has 3 rings (SSSR count). The Balaban J connectivity index is 1.74. The van der Waals surface area contributed by atoms with Crippen molar-refractivity contribution in [3.63, 3.8) is 0 Å². The van der Waals surface area contributed by atoms with Crippen LogP contribution in [-0.4, -0.2) is 5.11 Å². The fraction of sp³-hybridized carbons (Fsp3) is 0.0526. The number of hydrogen-bond donors (Lipinski definition) is 1. The standard InChI is InChI=1S/C19H14Cl2N2O2/c20-16-8-6-14(10-17(16)21)22-23-18-11-15(7-9-19(18)24)25-12-13-4-2-1-3-5-13/h1-11,24H,12H2. The zero-order valence-electron chi connectivity index (χ0n) is 13.1. The van der Waals surface area contributed by atoms with Crippen LogP contribution < -0.4 is 4.74 Å². The van der Waals surface area contributed by atoms with Crippen molar-refractivity contribution in [3.8, 4) is 11.5 Å². The number of aromatic hydroxyl groups is 1. The Kier molecular flexibility index (Phi) is 5.53. The van der Waals surface area contributed by atoms with Crippen LogP contribution in [0.1, 0.15) is 5.56 Å². The molecule has 0 aliphatic rings. The average Bonchev–Trinajstić information content (AvgIpc) is 2.63. The first-order valence-electron chi connectivity index (χ1n) is 7.48. The normalized spacial score (nSPS) is 11.0. The fourth-order valence-corrected chi connectivity index (χ4v) is 2.37. The topological polar surface area (TPSA) is 54.2 Å². The Morgan fingerprint density at radius 2 is 1.64 bits per heavy atom. The van der Waals surface area contributed by atoms with Gasteiger partial charge in [0, 0.05) is 6.07 Å². The zero-order valence-corrected chi connectivity index (χ0v) is 14.6. The number of hydrogen-bond acceptors (Lipinski definition) is 4. The van der Waals surface area contributed by atoms with Crippen molar-refractivity contribution in [2.75, 3.05) is 0 Å². The molecule has 0 radical (unpaired) electrons. The lowest BCUT2D eigenvalue weighted by atomic mass is 10.2. The molecule has 0 saturated carbocycles. The van der Waals surface area contributed by atoms with Crippen LogP contribution in [0.4, 0.5) is 11.4 Å². The van der Waals surface area contributed by atoms with Gasteiger partial charge in [-0.3, -0.25) is 0 Å². The quantitative estimate of drug-likeness (QED) is 0.506. The van der Waals surface area contributed by atoms with Crippen molar-refractivity contribution < 1.29 is 9.84 Å². The van der Waals surface area contributed by atoms with Gasteiger partial charge in [0.25, 0.3) is 0 Å². The number of phenolic OH excluding ortho intramolecular Hbond substituents is 1. The molecule has 0 aromatic heterocycles. The molecule has 0 atom stereocenters. The second-order valence-electron chi connectivity index (χ2n) is 5.22. The third-order valence-corrected chi connectivity index (χ3v) is 4.11. The van der Waals surface area contributed by atoms with Gasteiger partial charge in [0.15, 0.2) is 0 Å². The highest BCUT2D eigenvalue weighted by atomic mass is 35.5. The van der Waals surface area contributed by atoms with Gasteiger partial charge in [0.1, 0.15) is 23.8 Å². The van der Waals surface area contributed by atoms with E-state index in [1.54, 1.807) is 30.3 Å². The average molecular weight is 373 g/mol. The van der Waals surface area contributed by atoms with Crippen molar-refractivity contribution in [1.82, 2.24) is 0 Å². The molecule has 0 heterocycles. The Hall–Kier alpha value is -2.56. The maximum Gasteiger partial charge on any atom is 0.143 e. The minimum Gasteiger partial charge on any atom is -0.506 e. The van der Waals surface area contributed by atoms with Crippen LogP contribution in [0.25, 0.3) is 0 Å². The molecule has 0 aliphatic carbocycles. The van der Waals surface area contributed by atoms with Crippen LogP contribution in [0, 0.1) is 0 Å². The molecule has 0 amide bonds. The monoisotopic (exact) mass is 372 g/mol. The highest BCUT2D eigenvalue weighted by molar-refractivity contribution is 6.42. The largest absolute Gasteiger partial charge is 0.506 e. The molecule has 126 valence electrons. The molecule has 3 aromatic rings. The van der Waals surface area contributed by atoms with Gasteiger partial charge in [-0.2, -0.15) is 5.11 Å². The third kappa shape index (κ3) is 4.72. The van der Waals surface area contributed by atoms with E-state index in [0.717, 1.165) is 5.56 Å². The predicted molar refractivity (Wildman–Crippen MR) is 99.5 cm³/mol. The van der Waals surface area contributed by atoms with E-state index in [1.165, 1.54) is 6.07 Å². The molecule has 0 fully saturated rings. The molecule has 0 unspecified atom stereocenters. The molecule has 0 aliphatic heterocycles. The van der Waals surface area contributed by atoms with E-state index in [-0.39, 0.29) is 5.75 Å². The summed E-state index contributed by atoms with van der Waals surface area (Å²) in [5, 5.41) is 18.9. The van der Waals surface area contributed by atoms with E-state index < -0.39 is 0 Å². The second-order valence-corrected chi connectivity index (χ2v) is 6.04. The minimum atomic E-state index is 0.0101. The first-order chi connectivity index (χ1) is 12.1. The van der Waals surface area contributed by atoms with Crippen LogP contribution >= 0.6 is 23.2 Å². The van der Waals surface area contributed by atoms with Crippen LogP contribution in [0.5, 0.6) is 11.5 Å². The van der Waals surface area contributed by atoms with Crippen LogP contribution in [0.3, 0.4) is 0 Å². The van der Waals surface area contributed by atoms with Gasteiger partial charge in [-0.05, 0) is 35.9 Å². The number of phenols is 1. The highest BCUT2D eigenvalue weighted by Crippen LogP contribution is 2.33. The van der Waals surface area contributed by atoms with Crippen molar-refractivity contribution in [2.24, 2.45) is 10.2 Å². The van der Waals surface area contributed by atoms with Crippen LogP contribution in [0.2, 0.25) is 10.0 Å². The van der Waals surface area contributed by atoms with Gasteiger partial charge >= 0.3 is 0 Å². The van der Waals surface area contributed by atoms with E-state index in [1.807, 2.05) is 30.3 Å². The van der Waals surface area contributed by atoms with Gasteiger partial charge < -0.3 is 9.84 Å². The molecule has 25 heavy (non-hydrogen) atoms. The lowest BCUT2D eigenvalue weighted by Gasteiger charge is -2.07. The maximum absolute atomic E-state index is 9.94. The molecule has 3 aromatic carbocycles. The summed E-state index contributed by atoms with van der Waals surface area (Å²) in [7, 11) is 0. The molecular weight excluding hydrogens is 359 g/mol. The van der Waals surface area contributed by atoms with Gasteiger partial charge in [-0.1, -0.05) is 53.5 Å². The summed E-state index contributed by atoms with van der Waals surface area (Å²) < 4.78 is 5.72. The molecule has 4 nitrogen and oxygen atoms in total. The van der Waals surface area contributed by atoms with E-state index >= 15 is 0 Å². The van der Waals surface area contributed by atoms with Gasteiger partial charge in [0.05, 0.1) is 15.7 Å². The Morgan fingerprint density at radius 3 is 2.40 bits per heavy atom. The van der Waals surface area contributed by atoms with Crippen molar-refractivity contribution >= 4 is 34.6 Å². The van der Waals surface area contributed by atoms with Crippen molar-refractivity contribution in [2.45, 2.75) is 6.61 Å². The maximum atomic E-state index is 9.94. The molecule has 0 saturated heterocycles. The number of benzene rings is 3. The summed E-state index contributed by atoms with van der Waals surface area (Å²) in [5.41, 5.74) is 1.88. The van der Waals surface area contributed by atoms with Crippen LogP contribution in [0.15, 0.2) is 77.0 Å². The third-order valence-electron chi connectivity index (χ3n) is 3.37. The molecule has 1 N–H and O–H groups in total. The highest BCUT2D eigenvalue weighted by Gasteiger charge is 2.04. The number of azo groups is 1. The van der Waals surface area contributed by atoms with E-state index in [2.05, 4.69) is 10.2 Å². The first-order valence-corrected chi connectivity index (χ1v) is 8.24. The smallest absolute Gasteiger partial charge is 0.143 e. The number of nitrogens with zero attached hydrogens (tertiary/aromatic N) is 2. The van der Waals surface area contributed by atoms with Gasteiger partial charge in [-0.25, -0.2) is 0 Å². The van der Waals surface area contributed by atoms with Gasteiger partial charge in [-0.15, -0.1) is 5.11 Å². The summed E-state index contributed by atoms with van der Waals surface area (Å²) >= 11 is 11.8. The molecule has 0 bridgehead atoms. The number of ether oxygens (including phenoxy) is 1. The van der Waals surface area contributed by atoms with Gasteiger partial charge in [0.2, 0.25) is 0 Å². The van der Waals surface area contributed by atoms with Crippen LogP contribution in [-0.2, 0) is 6.61 Å². The predicted octanol–water partition coefficient (Wildman–Crippen LogP) is 6.69. The lowest BCUT2D eigenvalue weighted by Crippen LogP contribution is -1.94. The second kappa shape index (κ2) is 8.01.